The smallest absolute Gasteiger partial charge is 0.456 e. The van der Waals surface area contributed by atoms with Crippen LogP contribution >= 0.6 is 7.82 Å². The summed E-state index contributed by atoms with van der Waals surface area (Å²) >= 11 is 0. The lowest BCUT2D eigenvalue weighted by atomic mass is 10.1. The topological polar surface area (TPSA) is 111 Å². The maximum Gasteiger partial charge on any atom is 0.472 e. The molecule has 1 amide bonds. The van der Waals surface area contributed by atoms with E-state index < -0.39 is 20.0 Å². The van der Waals surface area contributed by atoms with E-state index in [1.54, 1.807) is 0 Å². The predicted octanol–water partition coefficient (Wildman–Crippen LogP) is 16.4. The number of rotatable bonds is 48. The summed E-state index contributed by atoms with van der Waals surface area (Å²) in [4.78, 5) is 37.5. The lowest BCUT2D eigenvalue weighted by molar-refractivity contribution is -0.870. The Kier molecular flexibility index (Phi) is 46.4. The summed E-state index contributed by atoms with van der Waals surface area (Å²) in [6.45, 7) is 6.78. The van der Waals surface area contributed by atoms with Gasteiger partial charge in [0.25, 0.3) is 0 Å². The van der Waals surface area contributed by atoms with Gasteiger partial charge in [0, 0.05) is 12.8 Å². The molecule has 0 aromatic heterocycles. The van der Waals surface area contributed by atoms with E-state index >= 15 is 0 Å². The molecule has 0 aromatic carbocycles. The first-order valence-electron chi connectivity index (χ1n) is 27.6. The number of carbonyl (C=O) groups is 2. The van der Waals surface area contributed by atoms with E-state index in [4.69, 9.17) is 13.8 Å². The number of esters is 1. The van der Waals surface area contributed by atoms with Crippen molar-refractivity contribution in [2.75, 3.05) is 40.9 Å². The minimum Gasteiger partial charge on any atom is -0.456 e. The fraction of sp³-hybridized carbons (Fsp3) is 0.695. The summed E-state index contributed by atoms with van der Waals surface area (Å²) in [6, 6.07) is -0.886. The molecule has 0 aliphatic rings. The SMILES string of the molecule is CC/C=C\C/C=C\C/C=C\C/C=C\C/C=C\CCCC(=O)NC(COP(=O)(O)OCC[N+](C)(C)C)C(/C=C/CCCCCCCCCCC)OC(=O)CCCCCCCC/C=C/C=C/CCCCC. The number of likely N-dealkylation sites (N-methyl/N-ethyl adjacent to an activating group) is 1. The maximum absolute atomic E-state index is 13.4. The molecular weight excluding hydrogens is 880 g/mol. The van der Waals surface area contributed by atoms with Gasteiger partial charge in [-0.15, -0.1) is 0 Å². The lowest BCUT2D eigenvalue weighted by Gasteiger charge is -2.27. The van der Waals surface area contributed by atoms with Crippen molar-refractivity contribution < 1.29 is 37.3 Å². The molecule has 396 valence electrons. The Morgan fingerprint density at radius 2 is 0.986 bits per heavy atom. The van der Waals surface area contributed by atoms with Gasteiger partial charge >= 0.3 is 13.8 Å². The molecule has 0 saturated carbocycles. The minimum atomic E-state index is -4.46. The summed E-state index contributed by atoms with van der Waals surface area (Å²) in [5.74, 6) is -0.595. The van der Waals surface area contributed by atoms with Gasteiger partial charge in [-0.2, -0.15) is 0 Å². The zero-order valence-electron chi connectivity index (χ0n) is 45.0. The number of hydrogen-bond acceptors (Lipinski definition) is 6. The molecule has 0 aliphatic heterocycles. The predicted molar refractivity (Wildman–Crippen MR) is 295 cm³/mol. The Morgan fingerprint density at radius 3 is 1.52 bits per heavy atom. The van der Waals surface area contributed by atoms with Crippen molar-refractivity contribution >= 4 is 19.7 Å². The van der Waals surface area contributed by atoms with E-state index in [0.717, 1.165) is 103 Å². The first-order valence-corrected chi connectivity index (χ1v) is 29.1. The molecule has 3 atom stereocenters. The van der Waals surface area contributed by atoms with Crippen LogP contribution in [0.5, 0.6) is 0 Å². The number of quaternary nitrogens is 1. The van der Waals surface area contributed by atoms with Crippen molar-refractivity contribution in [3.05, 3.63) is 97.2 Å². The largest absolute Gasteiger partial charge is 0.472 e. The van der Waals surface area contributed by atoms with Crippen LogP contribution in [0, 0.1) is 0 Å². The van der Waals surface area contributed by atoms with Gasteiger partial charge in [-0.3, -0.25) is 18.6 Å². The van der Waals surface area contributed by atoms with Crippen LogP contribution in [-0.2, 0) is 27.9 Å². The quantitative estimate of drug-likeness (QED) is 0.0156. The summed E-state index contributed by atoms with van der Waals surface area (Å²) < 4.78 is 30.5. The number of ether oxygens (including phenoxy) is 1. The summed E-state index contributed by atoms with van der Waals surface area (Å²) in [7, 11) is 1.44. The number of carbonyl (C=O) groups excluding carboxylic acids is 2. The third-order valence-electron chi connectivity index (χ3n) is 11.5. The summed E-state index contributed by atoms with van der Waals surface area (Å²) in [5, 5.41) is 3.00. The van der Waals surface area contributed by atoms with Crippen LogP contribution in [0.4, 0.5) is 0 Å². The molecule has 0 spiro atoms. The minimum absolute atomic E-state index is 0.0229. The lowest BCUT2D eigenvalue weighted by Crippen LogP contribution is -2.47. The number of hydrogen-bond donors (Lipinski definition) is 2. The molecule has 0 rings (SSSR count). The van der Waals surface area contributed by atoms with E-state index in [2.05, 4.69) is 111 Å². The number of nitrogens with zero attached hydrogens (tertiary/aromatic N) is 1. The van der Waals surface area contributed by atoms with Crippen LogP contribution < -0.4 is 5.32 Å². The van der Waals surface area contributed by atoms with Crippen molar-refractivity contribution in [1.29, 1.82) is 0 Å². The van der Waals surface area contributed by atoms with Crippen LogP contribution in [-0.4, -0.2) is 74.3 Å². The highest BCUT2D eigenvalue weighted by Crippen LogP contribution is 2.43. The molecule has 69 heavy (non-hydrogen) atoms. The highest BCUT2D eigenvalue weighted by Gasteiger charge is 2.30. The first kappa shape index (κ1) is 65.9. The van der Waals surface area contributed by atoms with Gasteiger partial charge in [-0.25, -0.2) is 4.57 Å². The number of unbranched alkanes of at least 4 members (excludes halogenated alkanes) is 19. The second-order valence-corrected chi connectivity index (χ2v) is 20.9. The van der Waals surface area contributed by atoms with E-state index in [9.17, 15) is 19.0 Å². The summed E-state index contributed by atoms with van der Waals surface area (Å²) in [5.41, 5.74) is 0. The molecule has 9 nitrogen and oxygen atoms in total. The third-order valence-corrected chi connectivity index (χ3v) is 12.5. The molecule has 0 saturated heterocycles. The van der Waals surface area contributed by atoms with Gasteiger partial charge in [-0.05, 0) is 96.0 Å². The zero-order chi connectivity index (χ0) is 50.8. The molecule has 2 N–H and O–H groups in total. The van der Waals surface area contributed by atoms with Crippen molar-refractivity contribution in [2.45, 2.75) is 226 Å². The highest BCUT2D eigenvalue weighted by molar-refractivity contribution is 7.47. The van der Waals surface area contributed by atoms with Crippen LogP contribution in [0.3, 0.4) is 0 Å². The molecular formula is C59H104N2O7P+. The van der Waals surface area contributed by atoms with Crippen LogP contribution in [0.15, 0.2) is 97.2 Å². The van der Waals surface area contributed by atoms with Gasteiger partial charge in [0.15, 0.2) is 0 Å². The monoisotopic (exact) mass is 984 g/mol. The standard InChI is InChI=1S/C59H103N2O7P/c1-7-10-13-16-19-22-25-27-29-30-32-33-36-39-42-45-48-51-58(62)60-56(55-67-69(64,65)66-54-53-61(4,5)6)57(50-47-44-41-38-35-24-21-18-15-12-9-3)68-59(63)52-49-46-43-40-37-34-31-28-26-23-20-17-14-11-8-2/h10,13,19-20,22-23,26-29,32-33,39,42,47,50,56-57H,7-9,11-12,14-18,21,24-25,30-31,34-38,40-41,43-46,48-49,51-55H2,1-6H3,(H-,60,62,64,65)/p+1/b13-10-,22-19-,23-20+,28-26+,29-27-,33-32-,42-39-,50-47+. The highest BCUT2D eigenvalue weighted by atomic mass is 31.2. The van der Waals surface area contributed by atoms with Gasteiger partial charge in [-0.1, -0.05) is 202 Å². The Balaban J connectivity index is 5.48. The molecule has 0 fully saturated rings. The zero-order valence-corrected chi connectivity index (χ0v) is 45.9. The second-order valence-electron chi connectivity index (χ2n) is 19.4. The van der Waals surface area contributed by atoms with E-state index in [1.165, 1.54) is 64.2 Å². The van der Waals surface area contributed by atoms with Crippen molar-refractivity contribution in [2.24, 2.45) is 0 Å². The number of nitrogens with one attached hydrogen (secondary N) is 1. The molecule has 0 bridgehead atoms. The Morgan fingerprint density at radius 1 is 0.536 bits per heavy atom. The average Bonchev–Trinajstić information content (AvgIpc) is 3.31. The van der Waals surface area contributed by atoms with E-state index in [0.29, 0.717) is 23.9 Å². The number of amides is 1. The van der Waals surface area contributed by atoms with Crippen LogP contribution in [0.2, 0.25) is 0 Å². The maximum atomic E-state index is 13.4. The van der Waals surface area contributed by atoms with Crippen molar-refractivity contribution in [3.8, 4) is 0 Å². The van der Waals surface area contributed by atoms with Gasteiger partial charge in [0.05, 0.1) is 33.8 Å². The molecule has 3 unspecified atom stereocenters. The number of phosphoric acid groups is 1. The van der Waals surface area contributed by atoms with Gasteiger partial charge < -0.3 is 19.4 Å². The molecule has 0 radical (unpaired) electrons. The molecule has 0 aliphatic carbocycles. The number of phosphoric ester groups is 1. The van der Waals surface area contributed by atoms with Crippen LogP contribution in [0.25, 0.3) is 0 Å². The third kappa shape index (κ3) is 49.7. The Hall–Kier alpha value is -3.07. The Labute approximate surface area is 424 Å². The van der Waals surface area contributed by atoms with Crippen LogP contribution in [0.1, 0.15) is 213 Å². The van der Waals surface area contributed by atoms with Crippen molar-refractivity contribution in [1.82, 2.24) is 5.32 Å². The average molecular weight is 984 g/mol. The Bertz CT molecular complexity index is 1510. The second kappa shape index (κ2) is 48.6. The fourth-order valence-corrected chi connectivity index (χ4v) is 7.99. The number of allylic oxidation sites excluding steroid dienone is 15. The summed E-state index contributed by atoms with van der Waals surface area (Å²) in [6.07, 6.45) is 64.1. The fourth-order valence-electron chi connectivity index (χ4n) is 7.26. The van der Waals surface area contributed by atoms with Gasteiger partial charge in [0.2, 0.25) is 5.91 Å². The molecule has 10 heteroatoms. The van der Waals surface area contributed by atoms with Gasteiger partial charge in [0.1, 0.15) is 19.3 Å². The van der Waals surface area contributed by atoms with E-state index in [1.807, 2.05) is 33.3 Å². The van der Waals surface area contributed by atoms with E-state index in [-0.39, 0.29) is 37.9 Å². The molecule has 0 heterocycles. The normalized spacial score (nSPS) is 14.6. The molecule has 0 aromatic rings. The van der Waals surface area contributed by atoms with Crippen molar-refractivity contribution in [3.63, 3.8) is 0 Å². The first-order chi connectivity index (χ1) is 33.4.